The van der Waals surface area contributed by atoms with E-state index >= 15 is 0 Å². The van der Waals surface area contributed by atoms with Crippen LogP contribution in [0.2, 0.25) is 0 Å². The van der Waals surface area contributed by atoms with Crippen molar-refractivity contribution in [2.75, 3.05) is 26.7 Å². The van der Waals surface area contributed by atoms with E-state index in [1.54, 1.807) is 11.9 Å². The predicted molar refractivity (Wildman–Crippen MR) is 66.4 cm³/mol. The first kappa shape index (κ1) is 14.8. The van der Waals surface area contributed by atoms with E-state index in [2.05, 4.69) is 4.98 Å². The number of rotatable bonds is 5. The summed E-state index contributed by atoms with van der Waals surface area (Å²) in [5.41, 5.74) is -0.0127. The van der Waals surface area contributed by atoms with Gasteiger partial charge < -0.3 is 15.0 Å². The molecule has 0 saturated carbocycles. The van der Waals surface area contributed by atoms with Crippen molar-refractivity contribution in [3.63, 3.8) is 0 Å². The molecule has 0 fully saturated rings. The number of benzene rings is 1. The highest BCUT2D eigenvalue weighted by atomic mass is 19.2. The highest BCUT2D eigenvalue weighted by Gasteiger charge is 2.23. The van der Waals surface area contributed by atoms with E-state index in [1.165, 1.54) is 6.20 Å². The molecule has 2 aromatic rings. The molecule has 2 rings (SSSR count). The third-order valence-electron chi connectivity index (χ3n) is 3.22. The van der Waals surface area contributed by atoms with Gasteiger partial charge in [-0.3, -0.25) is 0 Å². The highest BCUT2D eigenvalue weighted by Crippen LogP contribution is 2.29. The summed E-state index contributed by atoms with van der Waals surface area (Å²) in [6.07, 6.45) is 1.65. The van der Waals surface area contributed by atoms with E-state index in [-0.39, 0.29) is 17.5 Å². The SMILES string of the molecule is CN(CCO)CCc1c[nH]c2c(F)c(F)c(F)c(F)c12. The molecule has 0 aliphatic carbocycles. The fourth-order valence-corrected chi connectivity index (χ4v) is 2.09. The summed E-state index contributed by atoms with van der Waals surface area (Å²) in [5, 5.41) is 8.50. The van der Waals surface area contributed by atoms with Gasteiger partial charge in [0.15, 0.2) is 23.3 Å². The largest absolute Gasteiger partial charge is 0.395 e. The number of aliphatic hydroxyl groups excluding tert-OH is 1. The topological polar surface area (TPSA) is 39.3 Å². The van der Waals surface area contributed by atoms with Crippen LogP contribution in [0.4, 0.5) is 17.6 Å². The minimum absolute atomic E-state index is 0.0206. The zero-order valence-corrected chi connectivity index (χ0v) is 10.8. The first-order valence-electron chi connectivity index (χ1n) is 6.08. The summed E-state index contributed by atoms with van der Waals surface area (Å²) in [7, 11) is 1.75. The molecule has 0 amide bonds. The molecule has 0 aliphatic heterocycles. The Morgan fingerprint density at radius 3 is 2.35 bits per heavy atom. The van der Waals surface area contributed by atoms with Crippen LogP contribution in [-0.2, 0) is 6.42 Å². The number of nitrogens with one attached hydrogen (secondary N) is 1. The predicted octanol–water partition coefficient (Wildman–Crippen LogP) is 2.19. The molecule has 0 atom stereocenters. The number of hydrogen-bond acceptors (Lipinski definition) is 2. The number of nitrogens with zero attached hydrogens (tertiary/aromatic N) is 1. The van der Waals surface area contributed by atoms with Gasteiger partial charge in [-0.05, 0) is 19.0 Å². The number of aliphatic hydroxyl groups is 1. The number of aromatic nitrogens is 1. The second-order valence-corrected chi connectivity index (χ2v) is 4.60. The van der Waals surface area contributed by atoms with Crippen molar-refractivity contribution in [3.05, 3.63) is 35.0 Å². The smallest absolute Gasteiger partial charge is 0.199 e. The van der Waals surface area contributed by atoms with Gasteiger partial charge in [-0.15, -0.1) is 0 Å². The standard InChI is InChI=1S/C13H14F4N2O/c1-19(4-5-20)3-2-7-6-18-13-8(7)9(14)10(15)11(16)12(13)17/h6,18,20H,2-5H2,1H3. The second kappa shape index (κ2) is 5.80. The van der Waals surface area contributed by atoms with Crippen LogP contribution in [0.5, 0.6) is 0 Å². The van der Waals surface area contributed by atoms with Crippen molar-refractivity contribution in [1.29, 1.82) is 0 Å². The van der Waals surface area contributed by atoms with Gasteiger partial charge in [0, 0.05) is 24.7 Å². The van der Waals surface area contributed by atoms with Crippen molar-refractivity contribution < 1.29 is 22.7 Å². The number of fused-ring (bicyclic) bond motifs is 1. The first-order valence-corrected chi connectivity index (χ1v) is 6.08. The Balaban J connectivity index is 2.37. The summed E-state index contributed by atoms with van der Waals surface area (Å²) in [4.78, 5) is 4.22. The molecule has 0 spiro atoms. The average molecular weight is 290 g/mol. The van der Waals surface area contributed by atoms with Gasteiger partial charge in [0.2, 0.25) is 0 Å². The van der Waals surface area contributed by atoms with Crippen LogP contribution in [0.1, 0.15) is 5.56 Å². The molecule has 3 nitrogen and oxygen atoms in total. The van der Waals surface area contributed by atoms with E-state index in [1.807, 2.05) is 0 Å². The molecule has 20 heavy (non-hydrogen) atoms. The Bertz CT molecular complexity index is 627. The summed E-state index contributed by atoms with van der Waals surface area (Å²) in [6.45, 7) is 0.878. The Kier molecular flexibility index (Phi) is 4.29. The number of likely N-dealkylation sites (N-methyl/N-ethyl adjacent to an activating group) is 1. The van der Waals surface area contributed by atoms with E-state index < -0.39 is 23.3 Å². The Morgan fingerprint density at radius 1 is 1.05 bits per heavy atom. The third-order valence-corrected chi connectivity index (χ3v) is 3.22. The van der Waals surface area contributed by atoms with Crippen molar-refractivity contribution in [3.8, 4) is 0 Å². The van der Waals surface area contributed by atoms with E-state index in [9.17, 15) is 17.6 Å². The monoisotopic (exact) mass is 290 g/mol. The molecular formula is C13H14F4N2O. The van der Waals surface area contributed by atoms with Crippen LogP contribution < -0.4 is 0 Å². The molecule has 1 heterocycles. The highest BCUT2D eigenvalue weighted by molar-refractivity contribution is 5.84. The van der Waals surface area contributed by atoms with Crippen molar-refractivity contribution in [2.24, 2.45) is 0 Å². The molecule has 1 aromatic heterocycles. The first-order chi connectivity index (χ1) is 9.47. The van der Waals surface area contributed by atoms with Crippen LogP contribution in [0.3, 0.4) is 0 Å². The molecule has 1 aromatic carbocycles. The summed E-state index contributed by atoms with van der Waals surface area (Å²) >= 11 is 0. The molecule has 110 valence electrons. The van der Waals surface area contributed by atoms with Crippen LogP contribution >= 0.6 is 0 Å². The average Bonchev–Trinajstić information content (AvgIpc) is 2.85. The zero-order valence-electron chi connectivity index (χ0n) is 10.8. The van der Waals surface area contributed by atoms with Crippen LogP contribution in [-0.4, -0.2) is 41.7 Å². The van der Waals surface area contributed by atoms with Gasteiger partial charge in [0.05, 0.1) is 12.1 Å². The summed E-state index contributed by atoms with van der Waals surface area (Å²) < 4.78 is 53.6. The summed E-state index contributed by atoms with van der Waals surface area (Å²) in [5.74, 6) is -6.44. The maximum atomic E-state index is 13.8. The Labute approximate surface area is 112 Å². The van der Waals surface area contributed by atoms with Gasteiger partial charge in [-0.25, -0.2) is 17.6 Å². The summed E-state index contributed by atoms with van der Waals surface area (Å²) in [6, 6.07) is 0. The molecule has 0 aliphatic rings. The van der Waals surface area contributed by atoms with Crippen molar-refractivity contribution >= 4 is 10.9 Å². The van der Waals surface area contributed by atoms with Crippen LogP contribution in [0, 0.1) is 23.3 Å². The number of aromatic amines is 1. The molecule has 7 heteroatoms. The lowest BCUT2D eigenvalue weighted by Gasteiger charge is -2.14. The lowest BCUT2D eigenvalue weighted by molar-refractivity contribution is 0.223. The van der Waals surface area contributed by atoms with E-state index in [0.717, 1.165) is 0 Å². The van der Waals surface area contributed by atoms with Gasteiger partial charge in [0.25, 0.3) is 0 Å². The van der Waals surface area contributed by atoms with E-state index in [4.69, 9.17) is 5.11 Å². The minimum Gasteiger partial charge on any atom is -0.395 e. The molecule has 2 N–H and O–H groups in total. The Hall–Kier alpha value is -1.60. The third kappa shape index (κ3) is 2.51. The Morgan fingerprint density at radius 2 is 1.70 bits per heavy atom. The maximum Gasteiger partial charge on any atom is 0.199 e. The fraction of sp³-hybridized carbons (Fsp3) is 0.385. The van der Waals surface area contributed by atoms with Gasteiger partial charge >= 0.3 is 0 Å². The molecule has 0 unspecified atom stereocenters. The molecule has 0 saturated heterocycles. The molecule has 0 radical (unpaired) electrons. The fourth-order valence-electron chi connectivity index (χ4n) is 2.09. The lowest BCUT2D eigenvalue weighted by Crippen LogP contribution is -2.24. The van der Waals surface area contributed by atoms with Gasteiger partial charge in [-0.1, -0.05) is 0 Å². The number of hydrogen-bond donors (Lipinski definition) is 2. The maximum absolute atomic E-state index is 13.8. The van der Waals surface area contributed by atoms with Crippen molar-refractivity contribution in [2.45, 2.75) is 6.42 Å². The van der Waals surface area contributed by atoms with Crippen molar-refractivity contribution in [1.82, 2.24) is 9.88 Å². The van der Waals surface area contributed by atoms with Crippen LogP contribution in [0.15, 0.2) is 6.20 Å². The molecule has 0 bridgehead atoms. The second-order valence-electron chi connectivity index (χ2n) is 4.60. The minimum atomic E-state index is -1.82. The number of halogens is 4. The van der Waals surface area contributed by atoms with E-state index in [0.29, 0.717) is 25.1 Å². The normalized spacial score (nSPS) is 11.8. The van der Waals surface area contributed by atoms with Gasteiger partial charge in [-0.2, -0.15) is 0 Å². The zero-order chi connectivity index (χ0) is 14.9. The lowest BCUT2D eigenvalue weighted by atomic mass is 10.1. The number of H-pyrrole nitrogens is 1. The van der Waals surface area contributed by atoms with Crippen LogP contribution in [0.25, 0.3) is 10.9 Å². The quantitative estimate of drug-likeness (QED) is 0.503. The molecular weight excluding hydrogens is 276 g/mol. The van der Waals surface area contributed by atoms with Gasteiger partial charge in [0.1, 0.15) is 0 Å².